The van der Waals surface area contributed by atoms with Crippen LogP contribution in [0.1, 0.15) is 27.9 Å². The van der Waals surface area contributed by atoms with Crippen molar-refractivity contribution in [2.24, 2.45) is 14.1 Å². The highest BCUT2D eigenvalue weighted by Gasteiger charge is 2.38. The summed E-state index contributed by atoms with van der Waals surface area (Å²) in [6.07, 6.45) is 4.68. The summed E-state index contributed by atoms with van der Waals surface area (Å²) >= 11 is 12.3. The maximum atomic E-state index is 13.2. The lowest BCUT2D eigenvalue weighted by atomic mass is 9.81. The van der Waals surface area contributed by atoms with Gasteiger partial charge in [-0.15, -0.1) is 0 Å². The van der Waals surface area contributed by atoms with Gasteiger partial charge >= 0.3 is 0 Å². The van der Waals surface area contributed by atoms with Gasteiger partial charge in [-0.1, -0.05) is 65.7 Å². The molecule has 0 amide bonds. The Bertz CT molecular complexity index is 1620. The molecule has 0 bridgehead atoms. The van der Waals surface area contributed by atoms with Crippen LogP contribution in [-0.2, 0) is 32.5 Å². The number of hydrogen-bond acceptors (Lipinski definition) is 3. The predicted molar refractivity (Wildman–Crippen MR) is 145 cm³/mol. The molecule has 2 heterocycles. The minimum atomic E-state index is -1.58. The van der Waals surface area contributed by atoms with E-state index in [1.165, 1.54) is 0 Å². The Balaban J connectivity index is 1.74. The first-order chi connectivity index (χ1) is 17.3. The third-order valence-corrected chi connectivity index (χ3v) is 7.24. The van der Waals surface area contributed by atoms with Crippen molar-refractivity contribution in [3.63, 3.8) is 0 Å². The Morgan fingerprint density at radius 2 is 1.67 bits per heavy atom. The van der Waals surface area contributed by atoms with Crippen molar-refractivity contribution in [3.05, 3.63) is 134 Å². The second-order valence-corrected chi connectivity index (χ2v) is 9.88. The van der Waals surface area contributed by atoms with Crippen molar-refractivity contribution in [1.82, 2.24) is 14.1 Å². The summed E-state index contributed by atoms with van der Waals surface area (Å²) in [7, 11) is 3.57. The summed E-state index contributed by atoms with van der Waals surface area (Å²) in [6, 6.07) is 22.3. The molecule has 5 rings (SSSR count). The number of imidazole rings is 1. The molecule has 0 aliphatic heterocycles. The molecule has 182 valence electrons. The number of para-hydroxylation sites is 1. The number of benzene rings is 3. The Morgan fingerprint density at radius 1 is 0.917 bits per heavy atom. The number of fused-ring (bicyclic) bond motifs is 1. The van der Waals surface area contributed by atoms with Gasteiger partial charge in [0.05, 0.1) is 23.7 Å². The number of aromatic nitrogens is 3. The minimum Gasteiger partial charge on any atom is -0.374 e. The van der Waals surface area contributed by atoms with E-state index in [-0.39, 0.29) is 5.56 Å². The van der Waals surface area contributed by atoms with Crippen molar-refractivity contribution in [3.8, 4) is 0 Å². The van der Waals surface area contributed by atoms with Gasteiger partial charge in [0, 0.05) is 41.2 Å². The van der Waals surface area contributed by atoms with Gasteiger partial charge in [0.15, 0.2) is 5.60 Å². The van der Waals surface area contributed by atoms with Crippen LogP contribution in [0.3, 0.4) is 0 Å². The van der Waals surface area contributed by atoms with Gasteiger partial charge in [-0.05, 0) is 53.8 Å². The molecule has 0 aliphatic rings. The molecular weight excluding hydrogens is 493 g/mol. The summed E-state index contributed by atoms with van der Waals surface area (Å²) in [5.41, 5.74) is 2.76. The monoisotopic (exact) mass is 517 g/mol. The largest absolute Gasteiger partial charge is 0.374 e. The average Bonchev–Trinajstić information content (AvgIpc) is 3.31. The lowest BCUT2D eigenvalue weighted by Crippen LogP contribution is -2.33. The van der Waals surface area contributed by atoms with E-state index in [1.54, 1.807) is 59.0 Å². The fourth-order valence-corrected chi connectivity index (χ4v) is 5.25. The maximum absolute atomic E-state index is 13.2. The van der Waals surface area contributed by atoms with Crippen LogP contribution in [0.4, 0.5) is 0 Å². The predicted octanol–water partition coefficient (Wildman–Crippen LogP) is 5.65. The zero-order chi connectivity index (χ0) is 25.4. The number of aryl methyl sites for hydroxylation is 4. The first-order valence-corrected chi connectivity index (χ1v) is 12.4. The number of rotatable bonds is 6. The summed E-state index contributed by atoms with van der Waals surface area (Å²) in [5.74, 6) is 0. The van der Waals surface area contributed by atoms with E-state index in [2.05, 4.69) is 4.98 Å². The summed E-state index contributed by atoms with van der Waals surface area (Å²) in [4.78, 5) is 17.4. The van der Waals surface area contributed by atoms with Gasteiger partial charge < -0.3 is 14.2 Å². The molecule has 2 aromatic heterocycles. The normalized spacial score (nSPS) is 13.1. The fraction of sp³-hybridized carbons (Fsp3) is 0.172. The van der Waals surface area contributed by atoms with E-state index in [4.69, 9.17) is 23.2 Å². The van der Waals surface area contributed by atoms with Crippen molar-refractivity contribution in [2.45, 2.75) is 18.4 Å². The minimum absolute atomic E-state index is 0.139. The standard InChI is InChI=1S/C29H25Cl2N3O2/c1-33-18-32-17-26(33)29(36,21-11-13-22(30)14-12-21)25-8-4-7-24-20(16-27(35)34(2)28(24)25)10-9-19-5-3-6-23(31)15-19/h3-8,11-18,36H,9-10H2,1-2H3. The molecule has 0 spiro atoms. The van der Waals surface area contributed by atoms with Crippen molar-refractivity contribution < 1.29 is 5.11 Å². The van der Waals surface area contributed by atoms with Crippen molar-refractivity contribution in [1.29, 1.82) is 0 Å². The van der Waals surface area contributed by atoms with E-state index >= 15 is 0 Å². The molecule has 0 saturated heterocycles. The number of nitrogens with zero attached hydrogens (tertiary/aromatic N) is 3. The van der Waals surface area contributed by atoms with Crippen LogP contribution in [-0.4, -0.2) is 19.2 Å². The molecule has 0 aliphatic carbocycles. The lowest BCUT2D eigenvalue weighted by molar-refractivity contribution is 0.118. The molecule has 5 nitrogen and oxygen atoms in total. The number of pyridine rings is 1. The topological polar surface area (TPSA) is 60.0 Å². The van der Waals surface area contributed by atoms with Gasteiger partial charge in [0.2, 0.25) is 0 Å². The van der Waals surface area contributed by atoms with Crippen LogP contribution in [0.15, 0.2) is 90.1 Å². The lowest BCUT2D eigenvalue weighted by Gasteiger charge is -2.31. The maximum Gasteiger partial charge on any atom is 0.251 e. The zero-order valence-electron chi connectivity index (χ0n) is 20.0. The number of halogens is 2. The molecule has 0 fully saturated rings. The Labute approximate surface area is 219 Å². The Kier molecular flexibility index (Phi) is 6.47. The van der Waals surface area contributed by atoms with E-state index < -0.39 is 5.60 Å². The summed E-state index contributed by atoms with van der Waals surface area (Å²) in [6.45, 7) is 0. The first kappa shape index (κ1) is 24.3. The van der Waals surface area contributed by atoms with Crippen molar-refractivity contribution >= 4 is 34.1 Å². The SMILES string of the molecule is Cn1cncc1C(O)(c1ccc(Cl)cc1)c1cccc2c(CCc3cccc(Cl)c3)cc(=O)n(C)c12. The van der Waals surface area contributed by atoms with Gasteiger partial charge in [-0.2, -0.15) is 0 Å². The molecule has 7 heteroatoms. The van der Waals surface area contributed by atoms with Crippen LogP contribution < -0.4 is 5.56 Å². The molecule has 1 unspecified atom stereocenters. The molecule has 0 radical (unpaired) electrons. The highest BCUT2D eigenvalue weighted by atomic mass is 35.5. The van der Waals surface area contributed by atoms with Crippen LogP contribution >= 0.6 is 23.2 Å². The number of aliphatic hydroxyl groups is 1. The van der Waals surface area contributed by atoms with Crippen LogP contribution in [0, 0.1) is 0 Å². The Morgan fingerprint density at radius 3 is 2.36 bits per heavy atom. The second kappa shape index (κ2) is 9.58. The molecule has 3 aromatic carbocycles. The number of hydrogen-bond donors (Lipinski definition) is 1. The Hall–Kier alpha value is -3.38. The van der Waals surface area contributed by atoms with E-state index in [1.807, 2.05) is 49.5 Å². The van der Waals surface area contributed by atoms with Gasteiger partial charge in [0.25, 0.3) is 5.56 Å². The van der Waals surface area contributed by atoms with E-state index in [0.717, 1.165) is 22.9 Å². The average molecular weight is 518 g/mol. The van der Waals surface area contributed by atoms with Crippen molar-refractivity contribution in [2.75, 3.05) is 0 Å². The van der Waals surface area contributed by atoms with E-state index in [0.29, 0.717) is 38.8 Å². The molecule has 36 heavy (non-hydrogen) atoms. The highest BCUT2D eigenvalue weighted by molar-refractivity contribution is 6.30. The van der Waals surface area contributed by atoms with E-state index in [9.17, 15) is 9.90 Å². The summed E-state index contributed by atoms with van der Waals surface area (Å²) in [5, 5.41) is 14.7. The van der Waals surface area contributed by atoms with Gasteiger partial charge in [0.1, 0.15) is 0 Å². The molecule has 5 aromatic rings. The molecular formula is C29H25Cl2N3O2. The molecule has 1 N–H and O–H groups in total. The first-order valence-electron chi connectivity index (χ1n) is 11.6. The van der Waals surface area contributed by atoms with Crippen LogP contribution in [0.25, 0.3) is 10.9 Å². The smallest absolute Gasteiger partial charge is 0.251 e. The quantitative estimate of drug-likeness (QED) is 0.316. The third-order valence-electron chi connectivity index (χ3n) is 6.76. The zero-order valence-corrected chi connectivity index (χ0v) is 21.5. The molecule has 1 atom stereocenters. The second-order valence-electron chi connectivity index (χ2n) is 9.01. The van der Waals surface area contributed by atoms with Crippen LogP contribution in [0.2, 0.25) is 10.0 Å². The molecule has 0 saturated carbocycles. The fourth-order valence-electron chi connectivity index (χ4n) is 4.91. The van der Waals surface area contributed by atoms with Crippen LogP contribution in [0.5, 0.6) is 0 Å². The van der Waals surface area contributed by atoms with Gasteiger partial charge in [-0.25, -0.2) is 4.98 Å². The third kappa shape index (κ3) is 4.24. The highest BCUT2D eigenvalue weighted by Crippen LogP contribution is 2.40. The van der Waals surface area contributed by atoms with Gasteiger partial charge in [-0.3, -0.25) is 4.79 Å². The summed E-state index contributed by atoms with van der Waals surface area (Å²) < 4.78 is 3.39.